The van der Waals surface area contributed by atoms with Gasteiger partial charge in [0.2, 0.25) is 15.9 Å². The molecule has 0 spiro atoms. The number of nitrogens with zero attached hydrogens (tertiary/aromatic N) is 3. The molecule has 0 aliphatic carbocycles. The van der Waals surface area contributed by atoms with E-state index in [2.05, 4.69) is 0 Å². The Balaban J connectivity index is 1.82. The lowest BCUT2D eigenvalue weighted by Crippen LogP contribution is -2.53. The van der Waals surface area contributed by atoms with Gasteiger partial charge in [0, 0.05) is 43.3 Å². The van der Waals surface area contributed by atoms with Gasteiger partial charge in [0.15, 0.2) is 0 Å². The summed E-state index contributed by atoms with van der Waals surface area (Å²) >= 11 is 6.14. The van der Waals surface area contributed by atoms with Crippen LogP contribution in [0.1, 0.15) is 18.1 Å². The molecule has 11 heteroatoms. The normalized spacial score (nSPS) is 14.4. The molecule has 1 fully saturated rings. The van der Waals surface area contributed by atoms with Gasteiger partial charge >= 0.3 is 6.09 Å². The standard InChI is InChI=1S/C23H27ClFN3O5S/c1-3-33-23(30)27-13-11-26(12-14-27)22(29)16-28(15-19-20(24)5-4-6-21(19)25)34(31,32)18-9-7-17(2)8-10-18/h4-10H,3,11-16H2,1-2H3. The number of halogens is 2. The summed E-state index contributed by atoms with van der Waals surface area (Å²) in [4.78, 5) is 27.9. The first-order valence-corrected chi connectivity index (χ1v) is 12.6. The molecule has 2 aromatic carbocycles. The molecule has 0 saturated carbocycles. The van der Waals surface area contributed by atoms with Crippen LogP contribution in [0.3, 0.4) is 0 Å². The van der Waals surface area contributed by atoms with Gasteiger partial charge in [0.1, 0.15) is 5.82 Å². The lowest BCUT2D eigenvalue weighted by atomic mass is 10.2. The molecule has 0 unspecified atom stereocenters. The molecule has 0 atom stereocenters. The number of carbonyl (C=O) groups is 2. The number of sulfonamides is 1. The van der Waals surface area contributed by atoms with Crippen molar-refractivity contribution in [1.82, 2.24) is 14.1 Å². The van der Waals surface area contributed by atoms with Crippen molar-refractivity contribution < 1.29 is 27.1 Å². The quantitative estimate of drug-likeness (QED) is 0.569. The summed E-state index contributed by atoms with van der Waals surface area (Å²) in [7, 11) is -4.14. The first-order chi connectivity index (χ1) is 16.1. The maximum atomic E-state index is 14.5. The van der Waals surface area contributed by atoms with E-state index in [4.69, 9.17) is 16.3 Å². The second-order valence-corrected chi connectivity index (χ2v) is 10.2. The molecule has 2 amide bonds. The van der Waals surface area contributed by atoms with Gasteiger partial charge in [-0.15, -0.1) is 0 Å². The highest BCUT2D eigenvalue weighted by Crippen LogP contribution is 2.25. The molecule has 184 valence electrons. The number of aryl methyl sites for hydroxylation is 1. The summed E-state index contributed by atoms with van der Waals surface area (Å²) in [6, 6.07) is 10.3. The monoisotopic (exact) mass is 511 g/mol. The third-order valence-corrected chi connectivity index (χ3v) is 7.68. The van der Waals surface area contributed by atoms with Crippen molar-refractivity contribution in [2.24, 2.45) is 0 Å². The highest BCUT2D eigenvalue weighted by Gasteiger charge is 2.32. The van der Waals surface area contributed by atoms with Crippen LogP contribution in [-0.2, 0) is 26.1 Å². The number of amides is 2. The lowest BCUT2D eigenvalue weighted by molar-refractivity contribution is -0.133. The largest absolute Gasteiger partial charge is 0.450 e. The van der Waals surface area contributed by atoms with Gasteiger partial charge in [0.25, 0.3) is 0 Å². The van der Waals surface area contributed by atoms with Crippen molar-refractivity contribution in [1.29, 1.82) is 0 Å². The fourth-order valence-corrected chi connectivity index (χ4v) is 5.13. The molecule has 0 radical (unpaired) electrons. The van der Waals surface area contributed by atoms with Crippen LogP contribution in [0.25, 0.3) is 0 Å². The Bertz CT molecular complexity index is 1120. The molecule has 0 aromatic heterocycles. The van der Waals surface area contributed by atoms with E-state index in [1.807, 2.05) is 6.92 Å². The van der Waals surface area contributed by atoms with Crippen molar-refractivity contribution in [3.63, 3.8) is 0 Å². The van der Waals surface area contributed by atoms with E-state index in [9.17, 15) is 22.4 Å². The van der Waals surface area contributed by atoms with E-state index in [1.165, 1.54) is 40.1 Å². The van der Waals surface area contributed by atoms with Crippen LogP contribution in [0.5, 0.6) is 0 Å². The zero-order chi connectivity index (χ0) is 24.9. The van der Waals surface area contributed by atoms with E-state index in [1.54, 1.807) is 19.1 Å². The number of ether oxygens (including phenoxy) is 1. The van der Waals surface area contributed by atoms with Crippen LogP contribution in [0.15, 0.2) is 47.4 Å². The maximum Gasteiger partial charge on any atom is 0.409 e. The van der Waals surface area contributed by atoms with Gasteiger partial charge in [-0.1, -0.05) is 35.4 Å². The molecular weight excluding hydrogens is 485 g/mol. The molecule has 3 rings (SSSR count). The van der Waals surface area contributed by atoms with E-state index in [0.29, 0.717) is 0 Å². The molecular formula is C23H27ClFN3O5S. The smallest absolute Gasteiger partial charge is 0.409 e. The number of hydrogen-bond acceptors (Lipinski definition) is 5. The Labute approximate surface area is 203 Å². The fourth-order valence-electron chi connectivity index (χ4n) is 3.55. The highest BCUT2D eigenvalue weighted by atomic mass is 35.5. The predicted octanol–water partition coefficient (Wildman–Crippen LogP) is 3.28. The Kier molecular flexibility index (Phi) is 8.51. The highest BCUT2D eigenvalue weighted by molar-refractivity contribution is 7.89. The van der Waals surface area contributed by atoms with Gasteiger partial charge in [-0.2, -0.15) is 4.31 Å². The molecule has 8 nitrogen and oxygen atoms in total. The molecule has 0 bridgehead atoms. The summed E-state index contributed by atoms with van der Waals surface area (Å²) in [6.07, 6.45) is -0.452. The number of piperazine rings is 1. The Hall–Kier alpha value is -2.69. The second kappa shape index (κ2) is 11.2. The maximum absolute atomic E-state index is 14.5. The fraction of sp³-hybridized carbons (Fsp3) is 0.391. The summed E-state index contributed by atoms with van der Waals surface area (Å²) in [6.45, 7) is 3.89. The average Bonchev–Trinajstić information content (AvgIpc) is 2.81. The first-order valence-electron chi connectivity index (χ1n) is 10.8. The SMILES string of the molecule is CCOC(=O)N1CCN(C(=O)CN(Cc2c(F)cccc2Cl)S(=O)(=O)c2ccc(C)cc2)CC1. The molecule has 0 N–H and O–H groups in total. The first kappa shape index (κ1) is 25.9. The minimum Gasteiger partial charge on any atom is -0.450 e. The van der Waals surface area contributed by atoms with Gasteiger partial charge < -0.3 is 14.5 Å². The summed E-state index contributed by atoms with van der Waals surface area (Å²) in [5.41, 5.74) is 0.859. The van der Waals surface area contributed by atoms with Crippen molar-refractivity contribution in [3.05, 3.63) is 64.4 Å². The van der Waals surface area contributed by atoms with Crippen molar-refractivity contribution in [2.45, 2.75) is 25.3 Å². The number of benzene rings is 2. The minimum absolute atomic E-state index is 0.00880. The Morgan fingerprint density at radius 2 is 1.68 bits per heavy atom. The van der Waals surface area contributed by atoms with E-state index in [0.717, 1.165) is 9.87 Å². The third-order valence-electron chi connectivity index (χ3n) is 5.52. The minimum atomic E-state index is -4.14. The van der Waals surface area contributed by atoms with Crippen LogP contribution in [0.2, 0.25) is 5.02 Å². The average molecular weight is 512 g/mol. The Morgan fingerprint density at radius 1 is 1.06 bits per heavy atom. The summed E-state index contributed by atoms with van der Waals surface area (Å²) < 4.78 is 47.2. The van der Waals surface area contributed by atoms with Crippen LogP contribution >= 0.6 is 11.6 Å². The molecule has 2 aromatic rings. The van der Waals surface area contributed by atoms with Gasteiger partial charge in [-0.25, -0.2) is 17.6 Å². The van der Waals surface area contributed by atoms with Gasteiger partial charge in [0.05, 0.1) is 18.0 Å². The van der Waals surface area contributed by atoms with Crippen molar-refractivity contribution in [3.8, 4) is 0 Å². The zero-order valence-corrected chi connectivity index (χ0v) is 20.6. The van der Waals surface area contributed by atoms with Crippen LogP contribution in [0, 0.1) is 12.7 Å². The third kappa shape index (κ3) is 6.05. The van der Waals surface area contributed by atoms with Crippen LogP contribution < -0.4 is 0 Å². The topological polar surface area (TPSA) is 87.2 Å². The van der Waals surface area contributed by atoms with E-state index >= 15 is 0 Å². The summed E-state index contributed by atoms with van der Waals surface area (Å²) in [5.74, 6) is -1.11. The number of hydrogen-bond donors (Lipinski definition) is 0. The van der Waals surface area contributed by atoms with Crippen molar-refractivity contribution >= 4 is 33.6 Å². The zero-order valence-electron chi connectivity index (χ0n) is 19.0. The Morgan fingerprint density at radius 3 is 2.26 bits per heavy atom. The van der Waals surface area contributed by atoms with Gasteiger partial charge in [-0.05, 0) is 38.1 Å². The number of rotatable bonds is 7. The summed E-state index contributed by atoms with van der Waals surface area (Å²) in [5, 5.41) is 0.0691. The van der Waals surface area contributed by atoms with E-state index < -0.39 is 40.9 Å². The number of carbonyl (C=O) groups excluding carboxylic acids is 2. The van der Waals surface area contributed by atoms with Gasteiger partial charge in [-0.3, -0.25) is 4.79 Å². The molecule has 1 heterocycles. The second-order valence-electron chi connectivity index (χ2n) is 7.85. The van der Waals surface area contributed by atoms with E-state index in [-0.39, 0.29) is 48.3 Å². The van der Waals surface area contributed by atoms with Crippen LogP contribution in [0.4, 0.5) is 9.18 Å². The van der Waals surface area contributed by atoms with Crippen LogP contribution in [-0.4, -0.2) is 73.9 Å². The lowest BCUT2D eigenvalue weighted by Gasteiger charge is -2.35. The predicted molar refractivity (Wildman–Crippen MR) is 125 cm³/mol. The molecule has 1 saturated heterocycles. The molecule has 34 heavy (non-hydrogen) atoms. The van der Waals surface area contributed by atoms with Crippen molar-refractivity contribution in [2.75, 3.05) is 39.3 Å². The molecule has 1 aliphatic rings. The molecule has 1 aliphatic heterocycles.